The van der Waals surface area contributed by atoms with Crippen molar-refractivity contribution >= 4 is 5.57 Å². The van der Waals surface area contributed by atoms with E-state index in [1.165, 1.54) is 11.1 Å². The van der Waals surface area contributed by atoms with Crippen LogP contribution in [0, 0.1) is 0 Å². The van der Waals surface area contributed by atoms with Crippen molar-refractivity contribution in [2.24, 2.45) is 0 Å². The molecule has 0 unspecified atom stereocenters. The van der Waals surface area contributed by atoms with Crippen molar-refractivity contribution in [3.63, 3.8) is 0 Å². The molecular weight excluding hydrogens is 192 g/mol. The van der Waals surface area contributed by atoms with E-state index in [0.717, 1.165) is 6.42 Å². The lowest BCUT2D eigenvalue weighted by molar-refractivity contribution is 1.24. The molecule has 0 atom stereocenters. The number of rotatable bonds is 3. The molecule has 0 amide bonds. The van der Waals surface area contributed by atoms with Gasteiger partial charge in [-0.2, -0.15) is 0 Å². The van der Waals surface area contributed by atoms with Crippen molar-refractivity contribution in [2.75, 3.05) is 0 Å². The van der Waals surface area contributed by atoms with Gasteiger partial charge in [0.05, 0.1) is 0 Å². The minimum atomic E-state index is 1.05. The van der Waals surface area contributed by atoms with Crippen molar-refractivity contribution in [1.29, 1.82) is 0 Å². The topological polar surface area (TPSA) is 0 Å². The van der Waals surface area contributed by atoms with Crippen LogP contribution in [0.3, 0.4) is 0 Å². The molecule has 0 nitrogen and oxygen atoms in total. The van der Waals surface area contributed by atoms with Crippen LogP contribution >= 0.6 is 0 Å². The van der Waals surface area contributed by atoms with Gasteiger partial charge >= 0.3 is 0 Å². The van der Waals surface area contributed by atoms with E-state index in [1.54, 1.807) is 0 Å². The summed E-state index contributed by atoms with van der Waals surface area (Å²) in [6.07, 6.45) is 4.96. The van der Waals surface area contributed by atoms with Gasteiger partial charge in [0.2, 0.25) is 0 Å². The summed E-state index contributed by atoms with van der Waals surface area (Å²) >= 11 is 0. The molecule has 0 fully saturated rings. The molecule has 0 saturated carbocycles. The van der Waals surface area contributed by atoms with Crippen molar-refractivity contribution in [3.8, 4) is 0 Å². The Balaban J connectivity index is 0. The van der Waals surface area contributed by atoms with Gasteiger partial charge < -0.3 is 0 Å². The smallest absolute Gasteiger partial charge is 0.0225 e. The van der Waals surface area contributed by atoms with E-state index in [4.69, 9.17) is 0 Å². The molecule has 0 N–H and O–H groups in total. The zero-order valence-corrected chi connectivity index (χ0v) is 11.5. The summed E-state index contributed by atoms with van der Waals surface area (Å²) in [4.78, 5) is 0. The average molecular weight is 218 g/mol. The highest BCUT2D eigenvalue weighted by Gasteiger charge is 1.94. The summed E-state index contributed by atoms with van der Waals surface area (Å²) in [5, 5.41) is 0. The highest BCUT2D eigenvalue weighted by Crippen LogP contribution is 2.16. The van der Waals surface area contributed by atoms with Gasteiger partial charge in [0.1, 0.15) is 0 Å². The Labute approximate surface area is 102 Å². The molecule has 90 valence electrons. The van der Waals surface area contributed by atoms with Crippen LogP contribution < -0.4 is 0 Å². The second-order valence-electron chi connectivity index (χ2n) is 2.65. The lowest BCUT2D eigenvalue weighted by Gasteiger charge is -2.02. The molecule has 1 aromatic rings. The van der Waals surface area contributed by atoms with Crippen LogP contribution in [0.2, 0.25) is 0 Å². The third-order valence-corrected chi connectivity index (χ3v) is 1.84. The number of benzene rings is 1. The first-order valence-corrected chi connectivity index (χ1v) is 6.25. The third kappa shape index (κ3) is 7.05. The summed E-state index contributed by atoms with van der Waals surface area (Å²) in [5.41, 5.74) is 2.63. The Morgan fingerprint density at radius 2 is 1.56 bits per heavy atom. The van der Waals surface area contributed by atoms with Crippen LogP contribution in [-0.4, -0.2) is 0 Å². The first-order chi connectivity index (χ1) is 7.88. The van der Waals surface area contributed by atoms with Crippen LogP contribution in [-0.2, 0) is 0 Å². The number of hydrogen-bond donors (Lipinski definition) is 0. The van der Waals surface area contributed by atoms with Crippen LogP contribution in [0.1, 0.15) is 46.6 Å². The lowest BCUT2D eigenvalue weighted by Crippen LogP contribution is -1.80. The SMILES string of the molecule is C=C/C=C(\CC)c1ccccc1.CC.CC. The van der Waals surface area contributed by atoms with Crippen molar-refractivity contribution in [3.05, 3.63) is 54.6 Å². The number of allylic oxidation sites excluding steroid dienone is 3. The van der Waals surface area contributed by atoms with Gasteiger partial charge in [-0.3, -0.25) is 0 Å². The van der Waals surface area contributed by atoms with Crippen LogP contribution in [0.25, 0.3) is 5.57 Å². The summed E-state index contributed by atoms with van der Waals surface area (Å²) < 4.78 is 0. The zero-order valence-electron chi connectivity index (χ0n) is 11.5. The predicted molar refractivity (Wildman–Crippen MR) is 77.6 cm³/mol. The van der Waals surface area contributed by atoms with E-state index < -0.39 is 0 Å². The molecule has 0 aliphatic heterocycles. The van der Waals surface area contributed by atoms with E-state index in [0.29, 0.717) is 0 Å². The van der Waals surface area contributed by atoms with E-state index in [-0.39, 0.29) is 0 Å². The maximum absolute atomic E-state index is 3.70. The summed E-state index contributed by atoms with van der Waals surface area (Å²) in [6, 6.07) is 10.4. The molecule has 0 aliphatic rings. The fraction of sp³-hybridized carbons (Fsp3) is 0.375. The van der Waals surface area contributed by atoms with Crippen LogP contribution in [0.4, 0.5) is 0 Å². The molecule has 0 aliphatic carbocycles. The maximum atomic E-state index is 3.70. The number of hydrogen-bond acceptors (Lipinski definition) is 0. The summed E-state index contributed by atoms with van der Waals surface area (Å²) in [6.45, 7) is 13.9. The fourth-order valence-electron chi connectivity index (χ4n) is 1.21. The maximum Gasteiger partial charge on any atom is -0.0225 e. The average Bonchev–Trinajstić information content (AvgIpc) is 2.41. The van der Waals surface area contributed by atoms with Gasteiger partial charge in [0.25, 0.3) is 0 Å². The van der Waals surface area contributed by atoms with Gasteiger partial charge in [-0.1, -0.05) is 83.7 Å². The second-order valence-corrected chi connectivity index (χ2v) is 2.65. The second kappa shape index (κ2) is 13.7. The van der Waals surface area contributed by atoms with Gasteiger partial charge in [0.15, 0.2) is 0 Å². The van der Waals surface area contributed by atoms with Crippen molar-refractivity contribution in [2.45, 2.75) is 41.0 Å². The quantitative estimate of drug-likeness (QED) is 0.569. The molecular formula is C16H26. The van der Waals surface area contributed by atoms with Gasteiger partial charge in [0, 0.05) is 0 Å². The highest BCUT2D eigenvalue weighted by atomic mass is 14.0. The normalized spacial score (nSPS) is 9.19. The Morgan fingerprint density at radius 3 is 1.94 bits per heavy atom. The molecule has 1 rings (SSSR count). The van der Waals surface area contributed by atoms with Gasteiger partial charge in [-0.05, 0) is 17.6 Å². The summed E-state index contributed by atoms with van der Waals surface area (Å²) in [5.74, 6) is 0. The van der Waals surface area contributed by atoms with E-state index >= 15 is 0 Å². The molecule has 0 spiro atoms. The lowest BCUT2D eigenvalue weighted by atomic mass is 10.0. The zero-order chi connectivity index (χ0) is 12.8. The standard InChI is InChI=1S/C12H14.2C2H6/c1-3-8-11(4-2)12-9-6-5-7-10-12;2*1-2/h3,5-10H,1,4H2,2H3;2*1-2H3/b11-8+;;. The minimum absolute atomic E-state index is 1.05. The minimum Gasteiger partial charge on any atom is -0.0991 e. The Morgan fingerprint density at radius 1 is 1.06 bits per heavy atom. The molecule has 0 heteroatoms. The largest absolute Gasteiger partial charge is 0.0991 e. The van der Waals surface area contributed by atoms with Gasteiger partial charge in [-0.25, -0.2) is 0 Å². The van der Waals surface area contributed by atoms with Crippen LogP contribution in [0.5, 0.6) is 0 Å². The molecule has 0 heterocycles. The van der Waals surface area contributed by atoms with E-state index in [9.17, 15) is 0 Å². The Bertz CT molecular complexity index is 267. The van der Waals surface area contributed by atoms with Gasteiger partial charge in [-0.15, -0.1) is 0 Å². The summed E-state index contributed by atoms with van der Waals surface area (Å²) in [7, 11) is 0. The van der Waals surface area contributed by atoms with Crippen LogP contribution in [0.15, 0.2) is 49.1 Å². The Hall–Kier alpha value is -1.30. The molecule has 1 aromatic carbocycles. The fourth-order valence-corrected chi connectivity index (χ4v) is 1.21. The first kappa shape index (κ1) is 17.1. The first-order valence-electron chi connectivity index (χ1n) is 6.25. The molecule has 0 saturated heterocycles. The van der Waals surface area contributed by atoms with E-state index in [2.05, 4.69) is 43.8 Å². The molecule has 0 bridgehead atoms. The molecule has 0 aromatic heterocycles. The molecule has 0 radical (unpaired) electrons. The van der Waals surface area contributed by atoms with E-state index in [1.807, 2.05) is 39.8 Å². The highest BCUT2D eigenvalue weighted by molar-refractivity contribution is 5.66. The monoisotopic (exact) mass is 218 g/mol. The predicted octanol–water partition coefficient (Wildman–Crippen LogP) is 5.72. The third-order valence-electron chi connectivity index (χ3n) is 1.84. The Kier molecular flexibility index (Phi) is 14.6. The van der Waals surface area contributed by atoms with Crippen molar-refractivity contribution < 1.29 is 0 Å². The van der Waals surface area contributed by atoms with Crippen molar-refractivity contribution in [1.82, 2.24) is 0 Å². The molecule has 16 heavy (non-hydrogen) atoms.